The zero-order chi connectivity index (χ0) is 17.6. The first-order valence-corrected chi connectivity index (χ1v) is 9.24. The monoisotopic (exact) mass is 349 g/mol. The van der Waals surface area contributed by atoms with Crippen molar-refractivity contribution in [3.63, 3.8) is 0 Å². The summed E-state index contributed by atoms with van der Waals surface area (Å²) < 4.78 is 5.53. The van der Waals surface area contributed by atoms with E-state index in [1.807, 2.05) is 11.8 Å². The number of carbonyl (C=O) groups excluding carboxylic acids is 2. The third kappa shape index (κ3) is 4.18. The van der Waals surface area contributed by atoms with Crippen molar-refractivity contribution in [2.75, 3.05) is 26.3 Å². The number of morpholine rings is 1. The van der Waals surface area contributed by atoms with E-state index in [9.17, 15) is 9.59 Å². The minimum absolute atomic E-state index is 0.111. The molecule has 25 heavy (non-hydrogen) atoms. The summed E-state index contributed by atoms with van der Waals surface area (Å²) in [6.07, 6.45) is 7.43. The Morgan fingerprint density at radius 2 is 2.16 bits per heavy atom. The van der Waals surface area contributed by atoms with Crippen LogP contribution < -0.4 is 0 Å². The van der Waals surface area contributed by atoms with Crippen molar-refractivity contribution in [1.82, 2.24) is 25.0 Å². The Morgan fingerprint density at radius 3 is 2.84 bits per heavy atom. The Balaban J connectivity index is 1.65. The first-order chi connectivity index (χ1) is 12.2. The van der Waals surface area contributed by atoms with Crippen molar-refractivity contribution >= 4 is 11.8 Å². The van der Waals surface area contributed by atoms with E-state index < -0.39 is 0 Å². The molecule has 3 rings (SSSR count). The molecule has 2 heterocycles. The number of rotatable bonds is 5. The number of ether oxygens (including phenoxy) is 1. The highest BCUT2D eigenvalue weighted by Gasteiger charge is 2.33. The fourth-order valence-electron chi connectivity index (χ4n) is 3.89. The van der Waals surface area contributed by atoms with Gasteiger partial charge in [-0.05, 0) is 19.8 Å². The summed E-state index contributed by atoms with van der Waals surface area (Å²) >= 11 is 0. The minimum Gasteiger partial charge on any atom is -0.377 e. The van der Waals surface area contributed by atoms with Gasteiger partial charge in [0.05, 0.1) is 19.3 Å². The van der Waals surface area contributed by atoms with Crippen LogP contribution in [0.5, 0.6) is 0 Å². The molecule has 1 N–H and O–H groups in total. The SMILES string of the molecule is CCN(C(=O)CC1COCCN1C(=O)c1ncn[nH]1)C1CCCCC1. The lowest BCUT2D eigenvalue weighted by molar-refractivity contribution is -0.136. The van der Waals surface area contributed by atoms with Gasteiger partial charge in [0, 0.05) is 25.6 Å². The first kappa shape index (κ1) is 17.8. The van der Waals surface area contributed by atoms with Crippen LogP contribution in [0.25, 0.3) is 0 Å². The van der Waals surface area contributed by atoms with E-state index in [1.54, 1.807) is 4.90 Å². The van der Waals surface area contributed by atoms with Gasteiger partial charge in [0.2, 0.25) is 11.7 Å². The van der Waals surface area contributed by atoms with Gasteiger partial charge in [-0.1, -0.05) is 19.3 Å². The summed E-state index contributed by atoms with van der Waals surface area (Å²) in [5.74, 6) is 0.0959. The predicted molar refractivity (Wildman–Crippen MR) is 90.9 cm³/mol. The van der Waals surface area contributed by atoms with Crippen molar-refractivity contribution in [2.45, 2.75) is 57.5 Å². The quantitative estimate of drug-likeness (QED) is 0.863. The second kappa shape index (κ2) is 8.42. The van der Waals surface area contributed by atoms with E-state index in [4.69, 9.17) is 4.74 Å². The molecule has 1 atom stereocenters. The van der Waals surface area contributed by atoms with Crippen molar-refractivity contribution in [3.8, 4) is 0 Å². The lowest BCUT2D eigenvalue weighted by Crippen LogP contribution is -2.52. The number of hydrogen-bond acceptors (Lipinski definition) is 5. The summed E-state index contributed by atoms with van der Waals surface area (Å²) in [7, 11) is 0. The van der Waals surface area contributed by atoms with E-state index in [2.05, 4.69) is 15.2 Å². The lowest BCUT2D eigenvalue weighted by atomic mass is 9.93. The molecule has 0 aromatic carbocycles. The standard InChI is InChI=1S/C17H27N5O3/c1-2-21(13-6-4-3-5-7-13)15(23)10-14-11-25-9-8-22(14)17(24)16-18-12-19-20-16/h12-14H,2-11H2,1H3,(H,18,19,20). The van der Waals surface area contributed by atoms with Gasteiger partial charge in [-0.2, -0.15) is 5.10 Å². The molecule has 1 aliphatic heterocycles. The molecule has 2 fully saturated rings. The summed E-state index contributed by atoms with van der Waals surface area (Å²) in [5, 5.41) is 6.34. The second-order valence-corrected chi connectivity index (χ2v) is 6.74. The highest BCUT2D eigenvalue weighted by molar-refractivity contribution is 5.91. The number of aromatic nitrogens is 3. The van der Waals surface area contributed by atoms with Gasteiger partial charge in [0.25, 0.3) is 5.91 Å². The molecular weight excluding hydrogens is 322 g/mol. The van der Waals surface area contributed by atoms with Gasteiger partial charge in [0.15, 0.2) is 0 Å². The minimum atomic E-state index is -0.253. The molecule has 1 aromatic heterocycles. The van der Waals surface area contributed by atoms with Crippen LogP contribution in [0, 0.1) is 0 Å². The average molecular weight is 349 g/mol. The van der Waals surface area contributed by atoms with E-state index in [-0.39, 0.29) is 23.7 Å². The van der Waals surface area contributed by atoms with E-state index >= 15 is 0 Å². The number of aromatic amines is 1. The van der Waals surface area contributed by atoms with Crippen molar-refractivity contribution in [3.05, 3.63) is 12.2 Å². The van der Waals surface area contributed by atoms with Gasteiger partial charge in [-0.25, -0.2) is 4.98 Å². The molecule has 1 aromatic rings. The maximum absolute atomic E-state index is 12.9. The molecule has 1 saturated carbocycles. The van der Waals surface area contributed by atoms with Crippen LogP contribution in [-0.2, 0) is 9.53 Å². The maximum Gasteiger partial charge on any atom is 0.291 e. The van der Waals surface area contributed by atoms with Crippen LogP contribution in [0.15, 0.2) is 6.33 Å². The third-order valence-corrected chi connectivity index (χ3v) is 5.19. The number of nitrogens with one attached hydrogen (secondary N) is 1. The highest BCUT2D eigenvalue weighted by Crippen LogP contribution is 2.24. The van der Waals surface area contributed by atoms with Crippen LogP contribution in [0.1, 0.15) is 56.1 Å². The fourth-order valence-corrected chi connectivity index (χ4v) is 3.89. The van der Waals surface area contributed by atoms with Crippen molar-refractivity contribution in [2.24, 2.45) is 0 Å². The molecule has 1 saturated heterocycles. The van der Waals surface area contributed by atoms with Gasteiger partial charge < -0.3 is 14.5 Å². The zero-order valence-electron chi connectivity index (χ0n) is 14.8. The van der Waals surface area contributed by atoms with E-state index in [1.165, 1.54) is 25.6 Å². The Labute approximate surface area is 147 Å². The van der Waals surface area contributed by atoms with Crippen LogP contribution in [-0.4, -0.2) is 75.2 Å². The Morgan fingerprint density at radius 1 is 1.36 bits per heavy atom. The van der Waals surface area contributed by atoms with Crippen molar-refractivity contribution in [1.29, 1.82) is 0 Å². The van der Waals surface area contributed by atoms with Gasteiger partial charge in [-0.3, -0.25) is 14.7 Å². The molecule has 8 heteroatoms. The van der Waals surface area contributed by atoms with Crippen LogP contribution >= 0.6 is 0 Å². The molecular formula is C17H27N5O3. The molecule has 8 nitrogen and oxygen atoms in total. The van der Waals surface area contributed by atoms with Crippen LogP contribution in [0.3, 0.4) is 0 Å². The normalized spacial score (nSPS) is 22.0. The third-order valence-electron chi connectivity index (χ3n) is 5.19. The molecule has 1 aliphatic carbocycles. The van der Waals surface area contributed by atoms with E-state index in [0.717, 1.165) is 12.8 Å². The predicted octanol–water partition coefficient (Wildman–Crippen LogP) is 1.22. The average Bonchev–Trinajstić information content (AvgIpc) is 3.18. The molecule has 138 valence electrons. The number of nitrogens with zero attached hydrogens (tertiary/aromatic N) is 4. The molecule has 2 aliphatic rings. The number of hydrogen-bond donors (Lipinski definition) is 1. The van der Waals surface area contributed by atoms with Gasteiger partial charge in [-0.15, -0.1) is 0 Å². The molecule has 0 bridgehead atoms. The summed E-state index contributed by atoms with van der Waals surface area (Å²) in [6, 6.07) is 0.0886. The molecule has 1 unspecified atom stereocenters. The van der Waals surface area contributed by atoms with Gasteiger partial charge in [0.1, 0.15) is 6.33 Å². The van der Waals surface area contributed by atoms with Crippen LogP contribution in [0.2, 0.25) is 0 Å². The molecule has 0 radical (unpaired) electrons. The van der Waals surface area contributed by atoms with Crippen molar-refractivity contribution < 1.29 is 14.3 Å². The lowest BCUT2D eigenvalue weighted by Gasteiger charge is -2.38. The zero-order valence-corrected chi connectivity index (χ0v) is 14.8. The van der Waals surface area contributed by atoms with E-state index in [0.29, 0.717) is 38.8 Å². The Hall–Kier alpha value is -1.96. The van der Waals surface area contributed by atoms with Crippen LogP contribution in [0.4, 0.5) is 0 Å². The number of H-pyrrole nitrogens is 1. The molecule has 2 amide bonds. The largest absolute Gasteiger partial charge is 0.377 e. The Bertz CT molecular complexity index is 571. The fraction of sp³-hybridized carbons (Fsp3) is 0.765. The topological polar surface area (TPSA) is 91.4 Å². The summed E-state index contributed by atoms with van der Waals surface area (Å²) in [4.78, 5) is 33.1. The summed E-state index contributed by atoms with van der Waals surface area (Å²) in [6.45, 7) is 4.07. The second-order valence-electron chi connectivity index (χ2n) is 6.74. The Kier molecular flexibility index (Phi) is 6.01. The van der Waals surface area contributed by atoms with Gasteiger partial charge >= 0.3 is 0 Å². The summed E-state index contributed by atoms with van der Waals surface area (Å²) in [5.41, 5.74) is 0. The number of carbonyl (C=O) groups is 2. The smallest absolute Gasteiger partial charge is 0.291 e. The highest BCUT2D eigenvalue weighted by atomic mass is 16.5. The number of amides is 2. The first-order valence-electron chi connectivity index (χ1n) is 9.24. The maximum atomic E-state index is 12.9. The molecule has 0 spiro atoms.